The van der Waals surface area contributed by atoms with Crippen molar-refractivity contribution in [2.45, 2.75) is 13.5 Å². The minimum Gasteiger partial charge on any atom is -0.506 e. The smallest absolute Gasteiger partial charge is 0.264 e. The van der Waals surface area contributed by atoms with Gasteiger partial charge in [0.15, 0.2) is 0 Å². The van der Waals surface area contributed by atoms with Gasteiger partial charge in [-0.25, -0.2) is 4.98 Å². The van der Waals surface area contributed by atoms with Gasteiger partial charge in [0, 0.05) is 6.20 Å². The summed E-state index contributed by atoms with van der Waals surface area (Å²) in [6.07, 6.45) is 6.93. The highest BCUT2D eigenvalue weighted by Gasteiger charge is 2.24. The molecular formula is C19H14Cl2N2O3. The van der Waals surface area contributed by atoms with Crippen molar-refractivity contribution in [3.63, 3.8) is 0 Å². The molecule has 0 radical (unpaired) electrons. The highest BCUT2D eigenvalue weighted by atomic mass is 35.5. The van der Waals surface area contributed by atoms with Crippen molar-refractivity contribution in [2.75, 3.05) is 6.61 Å². The van der Waals surface area contributed by atoms with E-state index < -0.39 is 5.56 Å². The zero-order valence-electron chi connectivity index (χ0n) is 13.8. The zero-order valence-corrected chi connectivity index (χ0v) is 15.3. The fraction of sp³-hybridized carbons (Fsp3) is 0.158. The molecule has 132 valence electrons. The third-order valence-corrected chi connectivity index (χ3v) is 4.45. The predicted molar refractivity (Wildman–Crippen MR) is 103 cm³/mol. The van der Waals surface area contributed by atoms with E-state index in [1.165, 1.54) is 10.8 Å². The van der Waals surface area contributed by atoms with E-state index in [9.17, 15) is 9.90 Å². The third-order valence-electron chi connectivity index (χ3n) is 3.84. The molecule has 2 heterocycles. The van der Waals surface area contributed by atoms with Crippen LogP contribution in [0.1, 0.15) is 6.92 Å². The molecular weight excluding hydrogens is 375 g/mol. The summed E-state index contributed by atoms with van der Waals surface area (Å²) in [7, 11) is 0. The van der Waals surface area contributed by atoms with Crippen LogP contribution in [0.25, 0.3) is 22.2 Å². The van der Waals surface area contributed by atoms with Gasteiger partial charge in [-0.15, -0.1) is 6.42 Å². The number of nitrogens with zero attached hydrogens (tertiary/aromatic N) is 2. The quantitative estimate of drug-likeness (QED) is 0.683. The maximum Gasteiger partial charge on any atom is 0.264 e. The fourth-order valence-electron chi connectivity index (χ4n) is 2.78. The normalized spacial score (nSPS) is 10.7. The Morgan fingerprint density at radius 3 is 2.69 bits per heavy atom. The van der Waals surface area contributed by atoms with E-state index in [4.69, 9.17) is 34.4 Å². The highest BCUT2D eigenvalue weighted by molar-refractivity contribution is 6.37. The lowest BCUT2D eigenvalue weighted by Crippen LogP contribution is -2.23. The van der Waals surface area contributed by atoms with E-state index in [1.54, 1.807) is 31.2 Å². The molecule has 0 saturated heterocycles. The third kappa shape index (κ3) is 2.88. The average molecular weight is 389 g/mol. The summed E-state index contributed by atoms with van der Waals surface area (Å²) >= 11 is 12.6. The highest BCUT2D eigenvalue weighted by Crippen LogP contribution is 2.44. The summed E-state index contributed by atoms with van der Waals surface area (Å²) in [5.74, 6) is 2.41. The number of hydrogen-bond donors (Lipinski definition) is 1. The molecule has 26 heavy (non-hydrogen) atoms. The molecule has 2 aromatic heterocycles. The van der Waals surface area contributed by atoms with Crippen LogP contribution < -0.4 is 10.3 Å². The van der Waals surface area contributed by atoms with Crippen LogP contribution in [-0.2, 0) is 6.54 Å². The maximum atomic E-state index is 13.1. The molecule has 0 fully saturated rings. The first kappa shape index (κ1) is 18.1. The van der Waals surface area contributed by atoms with E-state index in [0.29, 0.717) is 12.0 Å². The second-order valence-corrected chi connectivity index (χ2v) is 6.17. The molecule has 7 heteroatoms. The fourth-order valence-corrected chi connectivity index (χ4v) is 3.23. The summed E-state index contributed by atoms with van der Waals surface area (Å²) in [4.78, 5) is 17.3. The summed E-state index contributed by atoms with van der Waals surface area (Å²) < 4.78 is 6.90. The summed E-state index contributed by atoms with van der Waals surface area (Å²) in [5.41, 5.74) is -0.0543. The molecule has 0 aliphatic carbocycles. The number of hydrogen-bond acceptors (Lipinski definition) is 4. The van der Waals surface area contributed by atoms with E-state index in [-0.39, 0.29) is 44.9 Å². The number of terminal acetylenes is 1. The number of aromatic hydroxyl groups is 1. The number of pyridine rings is 2. The van der Waals surface area contributed by atoms with Gasteiger partial charge in [-0.05, 0) is 31.2 Å². The number of fused-ring (bicyclic) bond motifs is 1. The van der Waals surface area contributed by atoms with Crippen molar-refractivity contribution in [2.24, 2.45) is 0 Å². The van der Waals surface area contributed by atoms with E-state index >= 15 is 0 Å². The van der Waals surface area contributed by atoms with Crippen LogP contribution >= 0.6 is 23.2 Å². The first-order chi connectivity index (χ1) is 12.5. The van der Waals surface area contributed by atoms with Crippen LogP contribution in [0.5, 0.6) is 11.5 Å². The Balaban J connectivity index is 2.51. The van der Waals surface area contributed by atoms with Crippen molar-refractivity contribution in [3.8, 4) is 35.0 Å². The molecule has 0 unspecified atom stereocenters. The lowest BCUT2D eigenvalue weighted by molar-refractivity contribution is 0.341. The van der Waals surface area contributed by atoms with E-state index in [2.05, 4.69) is 10.9 Å². The van der Waals surface area contributed by atoms with Crippen LogP contribution in [0.2, 0.25) is 10.0 Å². The lowest BCUT2D eigenvalue weighted by Gasteiger charge is -2.17. The van der Waals surface area contributed by atoms with Crippen LogP contribution in [0.15, 0.2) is 35.3 Å². The number of halogens is 2. The van der Waals surface area contributed by atoms with E-state index in [0.717, 1.165) is 0 Å². The minimum atomic E-state index is -0.531. The summed E-state index contributed by atoms with van der Waals surface area (Å²) in [6.45, 7) is 2.07. The Morgan fingerprint density at radius 1 is 1.27 bits per heavy atom. The van der Waals surface area contributed by atoms with Gasteiger partial charge in [-0.3, -0.25) is 9.36 Å². The van der Waals surface area contributed by atoms with Gasteiger partial charge < -0.3 is 9.84 Å². The molecule has 1 aromatic carbocycles. The molecule has 0 spiro atoms. The second kappa shape index (κ2) is 7.28. The van der Waals surface area contributed by atoms with Crippen molar-refractivity contribution in [1.82, 2.24) is 9.55 Å². The maximum absolute atomic E-state index is 13.1. The van der Waals surface area contributed by atoms with Gasteiger partial charge >= 0.3 is 0 Å². The van der Waals surface area contributed by atoms with Crippen molar-refractivity contribution >= 4 is 34.2 Å². The molecule has 1 N–H and O–H groups in total. The first-order valence-corrected chi connectivity index (χ1v) is 8.52. The zero-order chi connectivity index (χ0) is 18.8. The monoisotopic (exact) mass is 388 g/mol. The van der Waals surface area contributed by atoms with Crippen LogP contribution in [0, 0.1) is 12.3 Å². The van der Waals surface area contributed by atoms with Gasteiger partial charge in [-0.2, -0.15) is 0 Å². The lowest BCUT2D eigenvalue weighted by atomic mass is 10.0. The topological polar surface area (TPSA) is 64.3 Å². The summed E-state index contributed by atoms with van der Waals surface area (Å²) in [6, 6.07) is 6.41. The largest absolute Gasteiger partial charge is 0.506 e. The number of aromatic nitrogens is 2. The summed E-state index contributed by atoms with van der Waals surface area (Å²) in [5, 5.41) is 11.7. The van der Waals surface area contributed by atoms with Gasteiger partial charge in [0.05, 0.1) is 39.7 Å². The van der Waals surface area contributed by atoms with Crippen molar-refractivity contribution < 1.29 is 9.84 Å². The number of benzene rings is 1. The molecule has 0 aliphatic heterocycles. The van der Waals surface area contributed by atoms with Gasteiger partial charge in [0.25, 0.3) is 5.56 Å². The molecule has 5 nitrogen and oxygen atoms in total. The number of ether oxygens (including phenoxy) is 1. The Hall–Kier alpha value is -2.68. The molecule has 3 rings (SSSR count). The predicted octanol–water partition coefficient (Wildman–Crippen LogP) is 4.11. The minimum absolute atomic E-state index is 0.0121. The molecule has 0 atom stereocenters. The van der Waals surface area contributed by atoms with Gasteiger partial charge in [0.1, 0.15) is 17.1 Å². The Labute approximate surface area is 159 Å². The van der Waals surface area contributed by atoms with E-state index in [1.807, 2.05) is 0 Å². The molecule has 3 aromatic rings. The van der Waals surface area contributed by atoms with Crippen LogP contribution in [0.3, 0.4) is 0 Å². The Kier molecular flexibility index (Phi) is 5.08. The standard InChI is InChI=1S/C19H14Cl2N2O3/c1-3-10-23-18-11(6-5-9-22-18)16(24)15(19(23)25)14-12(20)7-8-13(21)17(14)26-4-2/h1,5-9,24H,4,10H2,2H3. The van der Waals surface area contributed by atoms with Crippen molar-refractivity contribution in [3.05, 3.63) is 50.9 Å². The molecule has 0 saturated carbocycles. The van der Waals surface area contributed by atoms with Crippen LogP contribution in [-0.4, -0.2) is 21.3 Å². The van der Waals surface area contributed by atoms with Crippen molar-refractivity contribution in [1.29, 1.82) is 0 Å². The van der Waals surface area contributed by atoms with Gasteiger partial charge in [-0.1, -0.05) is 29.1 Å². The first-order valence-electron chi connectivity index (χ1n) is 7.76. The Bertz CT molecular complexity index is 1100. The van der Waals surface area contributed by atoms with Gasteiger partial charge in [0.2, 0.25) is 0 Å². The average Bonchev–Trinajstić information content (AvgIpc) is 2.64. The molecule has 0 bridgehead atoms. The Morgan fingerprint density at radius 2 is 2.00 bits per heavy atom. The second-order valence-electron chi connectivity index (χ2n) is 5.36. The molecule has 0 amide bonds. The number of rotatable bonds is 4. The van der Waals surface area contributed by atoms with Crippen LogP contribution in [0.4, 0.5) is 0 Å². The molecule has 0 aliphatic rings. The SMILES string of the molecule is C#CCn1c(=O)c(-c2c(Cl)ccc(Cl)c2OCC)c(O)c2cccnc21.